The fourth-order valence-electron chi connectivity index (χ4n) is 2.88. The number of nitrogens with zero attached hydrogens (tertiary/aromatic N) is 2. The Labute approximate surface area is 147 Å². The van der Waals surface area contributed by atoms with Crippen molar-refractivity contribution in [3.63, 3.8) is 0 Å². The number of methoxy groups -OCH3 is 1. The zero-order chi connectivity index (χ0) is 19.2. The lowest BCUT2D eigenvalue weighted by atomic mass is 10.1. The van der Waals surface area contributed by atoms with Crippen LogP contribution in [0.5, 0.6) is 0 Å². The lowest BCUT2D eigenvalue weighted by Gasteiger charge is -2.37. The lowest BCUT2D eigenvalue weighted by molar-refractivity contribution is -0.0627. The van der Waals surface area contributed by atoms with Crippen LogP contribution in [0.3, 0.4) is 0 Å². The van der Waals surface area contributed by atoms with E-state index in [-0.39, 0.29) is 10.6 Å². The standard InChI is InChI=1S/C16H28N2O6Si/c1-16(2,3)25(5,6)18-11(20)7-8-17(15(18)22)14-13(23-4)12(21)10(9-19)24-14/h7-8,10,12-14,19,21H,9H2,1-6H3/t10-,12?,13?,14-/m0/s1. The second-order valence-electron chi connectivity index (χ2n) is 7.93. The zero-order valence-corrected chi connectivity index (χ0v) is 16.6. The Hall–Kier alpha value is -1.26. The van der Waals surface area contributed by atoms with Crippen molar-refractivity contribution in [1.29, 1.82) is 0 Å². The summed E-state index contributed by atoms with van der Waals surface area (Å²) in [6.07, 6.45) is -2.30. The van der Waals surface area contributed by atoms with Crippen LogP contribution >= 0.6 is 0 Å². The van der Waals surface area contributed by atoms with Gasteiger partial charge in [-0.2, -0.15) is 0 Å². The van der Waals surface area contributed by atoms with Gasteiger partial charge in [-0.25, -0.2) is 4.79 Å². The van der Waals surface area contributed by atoms with E-state index >= 15 is 0 Å². The van der Waals surface area contributed by atoms with Crippen LogP contribution in [0, 0.1) is 0 Å². The van der Waals surface area contributed by atoms with Gasteiger partial charge in [-0.1, -0.05) is 33.9 Å². The van der Waals surface area contributed by atoms with Crippen LogP contribution < -0.4 is 11.2 Å². The number of aliphatic hydroxyl groups is 2. The van der Waals surface area contributed by atoms with Gasteiger partial charge in [0.05, 0.1) is 6.61 Å². The summed E-state index contributed by atoms with van der Waals surface area (Å²) in [6, 6.07) is 1.33. The van der Waals surface area contributed by atoms with E-state index in [2.05, 4.69) is 0 Å². The molecule has 1 aromatic rings. The van der Waals surface area contributed by atoms with E-state index in [0.29, 0.717) is 0 Å². The summed E-state index contributed by atoms with van der Waals surface area (Å²) >= 11 is 0. The molecule has 1 aliphatic heterocycles. The molecule has 2 N–H and O–H groups in total. The molecule has 1 aliphatic rings. The van der Waals surface area contributed by atoms with E-state index in [4.69, 9.17) is 9.47 Å². The topological polar surface area (TPSA) is 103 Å². The Morgan fingerprint density at radius 3 is 2.40 bits per heavy atom. The summed E-state index contributed by atoms with van der Waals surface area (Å²) in [5, 5.41) is 19.3. The quantitative estimate of drug-likeness (QED) is 0.728. The first-order valence-electron chi connectivity index (χ1n) is 8.29. The van der Waals surface area contributed by atoms with Crippen molar-refractivity contribution in [2.45, 2.75) is 63.4 Å². The lowest BCUT2D eigenvalue weighted by Crippen LogP contribution is -2.59. The van der Waals surface area contributed by atoms with Crippen LogP contribution in [-0.2, 0) is 9.47 Å². The molecule has 25 heavy (non-hydrogen) atoms. The van der Waals surface area contributed by atoms with E-state index in [1.807, 2.05) is 33.9 Å². The van der Waals surface area contributed by atoms with Gasteiger partial charge in [0.15, 0.2) is 14.5 Å². The molecule has 1 aromatic heterocycles. The maximum atomic E-state index is 13.1. The zero-order valence-electron chi connectivity index (χ0n) is 15.6. The average Bonchev–Trinajstić information content (AvgIpc) is 2.81. The molecule has 2 rings (SSSR count). The smallest absolute Gasteiger partial charge is 0.325 e. The van der Waals surface area contributed by atoms with E-state index in [1.54, 1.807) is 0 Å². The van der Waals surface area contributed by atoms with Crippen LogP contribution in [0.25, 0.3) is 0 Å². The SMILES string of the molecule is COC1C(O)[C@H](CO)O[C@@H]1n1ccc(=O)n([Si](C)(C)C(C)(C)C)c1=O. The minimum atomic E-state index is -2.46. The van der Waals surface area contributed by atoms with Gasteiger partial charge in [0.2, 0.25) is 5.56 Å². The minimum absolute atomic E-state index is 0.223. The average molecular weight is 372 g/mol. The highest BCUT2D eigenvalue weighted by molar-refractivity contribution is 6.78. The van der Waals surface area contributed by atoms with Gasteiger partial charge < -0.3 is 19.7 Å². The molecule has 142 valence electrons. The van der Waals surface area contributed by atoms with E-state index < -0.39 is 45.1 Å². The Balaban J connectivity index is 2.61. The minimum Gasteiger partial charge on any atom is -0.394 e. The molecule has 9 heteroatoms. The maximum Gasteiger partial charge on any atom is 0.325 e. The molecule has 4 atom stereocenters. The summed E-state index contributed by atoms with van der Waals surface area (Å²) in [4.78, 5) is 25.6. The van der Waals surface area contributed by atoms with Crippen molar-refractivity contribution in [2.24, 2.45) is 0 Å². The molecule has 0 aliphatic carbocycles. The summed E-state index contributed by atoms with van der Waals surface area (Å²) in [5.41, 5.74) is -0.837. The first-order valence-corrected chi connectivity index (χ1v) is 11.2. The van der Waals surface area contributed by atoms with E-state index in [9.17, 15) is 19.8 Å². The number of rotatable bonds is 4. The highest BCUT2D eigenvalue weighted by Gasteiger charge is 2.46. The second kappa shape index (κ2) is 6.80. The number of ether oxygens (including phenoxy) is 2. The van der Waals surface area contributed by atoms with Gasteiger partial charge >= 0.3 is 5.69 Å². The third kappa shape index (κ3) is 3.26. The third-order valence-electron chi connectivity index (χ3n) is 5.44. The van der Waals surface area contributed by atoms with Gasteiger partial charge in [0.25, 0.3) is 0 Å². The summed E-state index contributed by atoms with van der Waals surface area (Å²) in [7, 11) is -1.06. The summed E-state index contributed by atoms with van der Waals surface area (Å²) < 4.78 is 13.5. The van der Waals surface area contributed by atoms with Gasteiger partial charge in [-0.05, 0) is 5.04 Å². The summed E-state index contributed by atoms with van der Waals surface area (Å²) in [6.45, 7) is 9.58. The number of aromatic nitrogens is 2. The molecule has 0 aromatic carbocycles. The Morgan fingerprint density at radius 1 is 1.32 bits per heavy atom. The number of aliphatic hydroxyl groups excluding tert-OH is 2. The molecule has 1 fully saturated rings. The van der Waals surface area contributed by atoms with Gasteiger partial charge in [0, 0.05) is 19.4 Å². The molecule has 2 unspecified atom stereocenters. The molecule has 0 radical (unpaired) electrons. The van der Waals surface area contributed by atoms with Crippen LogP contribution in [-0.4, -0.2) is 59.3 Å². The molecule has 2 heterocycles. The first kappa shape index (κ1) is 20.1. The van der Waals surface area contributed by atoms with Crippen LogP contribution in [0.15, 0.2) is 21.9 Å². The molecule has 0 saturated carbocycles. The van der Waals surface area contributed by atoms with E-state index in [0.717, 1.165) is 0 Å². The second-order valence-corrected chi connectivity index (χ2v) is 13.0. The van der Waals surface area contributed by atoms with Crippen LogP contribution in [0.1, 0.15) is 27.0 Å². The van der Waals surface area contributed by atoms with Crippen molar-refractivity contribution in [3.05, 3.63) is 33.1 Å². The van der Waals surface area contributed by atoms with Gasteiger partial charge in [0.1, 0.15) is 18.3 Å². The third-order valence-corrected chi connectivity index (χ3v) is 10.6. The van der Waals surface area contributed by atoms with E-state index in [1.165, 1.54) is 28.2 Å². The Morgan fingerprint density at radius 2 is 1.92 bits per heavy atom. The summed E-state index contributed by atoms with van der Waals surface area (Å²) in [5.74, 6) is 0. The Kier molecular flexibility index (Phi) is 5.46. The monoisotopic (exact) mass is 372 g/mol. The van der Waals surface area contributed by atoms with Crippen LogP contribution in [0.4, 0.5) is 0 Å². The van der Waals surface area contributed by atoms with Gasteiger partial charge in [-0.3, -0.25) is 13.6 Å². The van der Waals surface area contributed by atoms with Gasteiger partial charge in [-0.15, -0.1) is 0 Å². The Bertz CT molecular complexity index is 735. The van der Waals surface area contributed by atoms with Crippen LogP contribution in [0.2, 0.25) is 18.1 Å². The maximum absolute atomic E-state index is 13.1. The molecular weight excluding hydrogens is 344 g/mol. The molecule has 0 spiro atoms. The highest BCUT2D eigenvalue weighted by atomic mass is 28.3. The normalized spacial score (nSPS) is 27.7. The van der Waals surface area contributed by atoms with Crippen molar-refractivity contribution in [3.8, 4) is 0 Å². The molecule has 0 bridgehead atoms. The molecule has 0 amide bonds. The fraction of sp³-hybridized carbons (Fsp3) is 0.750. The van der Waals surface area contributed by atoms with Crippen molar-refractivity contribution in [1.82, 2.24) is 8.80 Å². The van der Waals surface area contributed by atoms with Crippen molar-refractivity contribution < 1.29 is 19.7 Å². The largest absolute Gasteiger partial charge is 0.394 e. The van der Waals surface area contributed by atoms with Crippen molar-refractivity contribution >= 4 is 8.24 Å². The molecular formula is C16H28N2O6Si. The molecule has 1 saturated heterocycles. The molecule has 8 nitrogen and oxygen atoms in total. The predicted octanol–water partition coefficient (Wildman–Crippen LogP) is 0.129. The fourth-order valence-corrected chi connectivity index (χ4v) is 4.77. The first-order chi connectivity index (χ1) is 11.5. The number of hydrogen-bond acceptors (Lipinski definition) is 6. The predicted molar refractivity (Wildman–Crippen MR) is 95.4 cm³/mol. The number of hydrogen-bond donors (Lipinski definition) is 2. The van der Waals surface area contributed by atoms with Crippen molar-refractivity contribution in [2.75, 3.05) is 13.7 Å². The highest BCUT2D eigenvalue weighted by Crippen LogP contribution is 2.35.